The Morgan fingerprint density at radius 1 is 0.390 bits per heavy atom. The molecule has 0 aliphatic rings. The van der Waals surface area contributed by atoms with Gasteiger partial charge in [-0.05, 0) is 64.2 Å². The first kappa shape index (κ1) is 75.5. The van der Waals surface area contributed by atoms with Crippen LogP contribution in [0.3, 0.4) is 0 Å². The van der Waals surface area contributed by atoms with Crippen molar-refractivity contribution in [2.24, 2.45) is 0 Å². The quantitative estimate of drug-likeness (QED) is 0.0211. The van der Waals surface area contributed by atoms with Gasteiger partial charge in [-0.2, -0.15) is 0 Å². The number of carbonyl (C=O) groups is 2. The lowest BCUT2D eigenvalue weighted by atomic mass is 10.0. The van der Waals surface area contributed by atoms with Gasteiger partial charge in [-0.25, -0.2) is 4.57 Å². The van der Waals surface area contributed by atoms with Gasteiger partial charge in [0.15, 0.2) is 6.10 Å². The van der Waals surface area contributed by atoms with Gasteiger partial charge in [-0.1, -0.05) is 289 Å². The van der Waals surface area contributed by atoms with E-state index >= 15 is 0 Å². The Hall–Kier alpha value is -1.51. The van der Waals surface area contributed by atoms with Crippen LogP contribution < -0.4 is 0 Å². The topological polar surface area (TPSA) is 108 Å². The van der Waals surface area contributed by atoms with E-state index in [4.69, 9.17) is 18.5 Å². The van der Waals surface area contributed by atoms with Crippen molar-refractivity contribution in [3.05, 3.63) is 24.3 Å². The minimum Gasteiger partial charge on any atom is -0.462 e. The molecule has 0 aliphatic heterocycles. The summed E-state index contributed by atoms with van der Waals surface area (Å²) in [6, 6.07) is 0. The van der Waals surface area contributed by atoms with E-state index in [1.165, 1.54) is 257 Å². The van der Waals surface area contributed by atoms with E-state index in [0.29, 0.717) is 17.4 Å². The first-order chi connectivity index (χ1) is 37.5. The molecule has 0 aromatic heterocycles. The molecule has 0 rings (SSSR count). The number of ether oxygens (including phenoxy) is 2. The molecule has 2 unspecified atom stereocenters. The van der Waals surface area contributed by atoms with Gasteiger partial charge in [0.2, 0.25) is 0 Å². The van der Waals surface area contributed by atoms with Crippen LogP contribution in [-0.4, -0.2) is 74.9 Å². The summed E-state index contributed by atoms with van der Waals surface area (Å²) in [5, 5.41) is 0. The van der Waals surface area contributed by atoms with E-state index in [1.54, 1.807) is 0 Å². The Kier molecular flexibility index (Phi) is 58.0. The second-order valence-electron chi connectivity index (χ2n) is 24.2. The molecule has 0 heterocycles. The Balaban J connectivity index is 3.79. The zero-order valence-electron chi connectivity index (χ0n) is 52.0. The molecule has 1 N–H and O–H groups in total. The molecule has 77 heavy (non-hydrogen) atoms. The predicted octanol–water partition coefficient (Wildman–Crippen LogP) is 21.3. The summed E-state index contributed by atoms with van der Waals surface area (Å²) in [5.74, 6) is -0.793. The second kappa shape index (κ2) is 59.1. The smallest absolute Gasteiger partial charge is 0.462 e. The van der Waals surface area contributed by atoms with E-state index < -0.39 is 26.5 Å². The molecule has 0 radical (unpaired) electrons. The summed E-state index contributed by atoms with van der Waals surface area (Å²) in [6.45, 7) is 4.44. The number of nitrogens with zero attached hydrogens (tertiary/aromatic N) is 1. The van der Waals surface area contributed by atoms with Gasteiger partial charge in [-0.3, -0.25) is 18.6 Å². The highest BCUT2D eigenvalue weighted by Crippen LogP contribution is 2.43. The number of phosphoric ester groups is 1. The monoisotopic (exact) mass is 1110 g/mol. The molecule has 9 nitrogen and oxygen atoms in total. The van der Waals surface area contributed by atoms with Crippen molar-refractivity contribution in [3.8, 4) is 0 Å². The third-order valence-electron chi connectivity index (χ3n) is 15.2. The van der Waals surface area contributed by atoms with Gasteiger partial charge < -0.3 is 18.9 Å². The maximum Gasteiger partial charge on any atom is 0.472 e. The van der Waals surface area contributed by atoms with Crippen LogP contribution in [0.15, 0.2) is 24.3 Å². The molecule has 0 aromatic rings. The number of hydrogen-bond donors (Lipinski definition) is 1. The molecule has 10 heteroatoms. The van der Waals surface area contributed by atoms with Crippen molar-refractivity contribution < 1.29 is 42.1 Å². The molecule has 2 atom stereocenters. The normalized spacial score (nSPS) is 13.3. The maximum absolute atomic E-state index is 12.8. The van der Waals surface area contributed by atoms with Gasteiger partial charge in [0.05, 0.1) is 27.7 Å². The fraction of sp³-hybridized carbons (Fsp3) is 0.910. The van der Waals surface area contributed by atoms with E-state index in [0.717, 1.165) is 51.4 Å². The largest absolute Gasteiger partial charge is 0.472 e. The summed E-state index contributed by atoms with van der Waals surface area (Å²) in [6.07, 6.45) is 73.2. The molecule has 456 valence electrons. The van der Waals surface area contributed by atoms with Gasteiger partial charge in [0.25, 0.3) is 0 Å². The average Bonchev–Trinajstić information content (AvgIpc) is 3.39. The van der Waals surface area contributed by atoms with Crippen LogP contribution >= 0.6 is 7.82 Å². The Bertz CT molecular complexity index is 1350. The van der Waals surface area contributed by atoms with Crippen LogP contribution in [0.5, 0.6) is 0 Å². The van der Waals surface area contributed by atoms with E-state index in [1.807, 2.05) is 21.1 Å². The zero-order chi connectivity index (χ0) is 56.3. The SMILES string of the molecule is CCCCC/C=C\CCCCCCCC(=O)OCC(COP(=O)(O)OCC[N+](C)(C)C)OC(=O)CCCCCCCCCCCCCCCCCCCCCCCCCCCCCCC/C=C\CCCCCCCCCC. The third-order valence-corrected chi connectivity index (χ3v) is 16.2. The standard InChI is InChI=1S/C67H130NO8P/c1-6-8-10-12-14-16-18-20-21-22-23-24-25-26-27-28-29-30-31-32-33-34-35-36-37-38-39-40-41-42-43-44-45-46-47-48-50-52-54-56-58-60-67(70)76-65(64-75-77(71,72)74-62-61-68(3,4)5)63-73-66(69)59-57-55-53-51-49-19-17-15-13-11-9-7-2/h15,17,22-23,65H,6-14,16,18-21,24-64H2,1-5H3/p+1/b17-15-,23-22-. The van der Waals surface area contributed by atoms with Crippen LogP contribution in [0.2, 0.25) is 0 Å². The number of carbonyl (C=O) groups excluding carboxylic acids is 2. The lowest BCUT2D eigenvalue weighted by Gasteiger charge is -2.24. The van der Waals surface area contributed by atoms with E-state index in [9.17, 15) is 19.0 Å². The molecule has 0 aliphatic carbocycles. The molecular formula is C67H131NO8P+. The number of likely N-dealkylation sites (N-methyl/N-ethyl adjacent to an activating group) is 1. The molecule has 0 fully saturated rings. The Labute approximate surface area is 479 Å². The first-order valence-electron chi connectivity index (χ1n) is 33.6. The van der Waals surface area contributed by atoms with E-state index in [-0.39, 0.29) is 32.0 Å². The summed E-state index contributed by atoms with van der Waals surface area (Å²) in [5.41, 5.74) is 0. The number of unbranched alkanes of at least 4 members (excludes halogenated alkanes) is 45. The number of quaternary nitrogens is 1. The number of phosphoric acid groups is 1. The molecule has 0 amide bonds. The van der Waals surface area contributed by atoms with Gasteiger partial charge in [-0.15, -0.1) is 0 Å². The van der Waals surface area contributed by atoms with Crippen LogP contribution in [0.25, 0.3) is 0 Å². The summed E-state index contributed by atoms with van der Waals surface area (Å²) < 4.78 is 34.5. The second-order valence-corrected chi connectivity index (χ2v) is 25.7. The third kappa shape index (κ3) is 63.5. The van der Waals surface area contributed by atoms with Gasteiger partial charge in [0.1, 0.15) is 19.8 Å². The van der Waals surface area contributed by atoms with Crippen molar-refractivity contribution in [1.82, 2.24) is 0 Å². The summed E-state index contributed by atoms with van der Waals surface area (Å²) in [7, 11) is 1.49. The average molecular weight is 1110 g/mol. The molecule has 0 spiro atoms. The van der Waals surface area contributed by atoms with Crippen molar-refractivity contribution in [2.45, 2.75) is 347 Å². The Morgan fingerprint density at radius 2 is 0.662 bits per heavy atom. The predicted molar refractivity (Wildman–Crippen MR) is 331 cm³/mol. The number of hydrogen-bond acceptors (Lipinski definition) is 7. The summed E-state index contributed by atoms with van der Waals surface area (Å²) in [4.78, 5) is 35.6. The minimum absolute atomic E-state index is 0.0334. The van der Waals surface area contributed by atoms with Gasteiger partial charge in [0, 0.05) is 12.8 Å². The maximum atomic E-state index is 12.8. The van der Waals surface area contributed by atoms with Crippen LogP contribution in [0.1, 0.15) is 341 Å². The number of allylic oxidation sites excluding steroid dienone is 4. The van der Waals surface area contributed by atoms with Crippen molar-refractivity contribution >= 4 is 19.8 Å². The molecule has 0 aromatic carbocycles. The highest BCUT2D eigenvalue weighted by Gasteiger charge is 2.27. The number of esters is 2. The Morgan fingerprint density at radius 3 is 0.987 bits per heavy atom. The van der Waals surface area contributed by atoms with Crippen molar-refractivity contribution in [3.63, 3.8) is 0 Å². The molecular weight excluding hydrogens is 978 g/mol. The number of rotatable bonds is 63. The fourth-order valence-corrected chi connectivity index (χ4v) is 10.8. The van der Waals surface area contributed by atoms with Crippen molar-refractivity contribution in [1.29, 1.82) is 0 Å². The van der Waals surface area contributed by atoms with Crippen LogP contribution in [-0.2, 0) is 32.7 Å². The van der Waals surface area contributed by atoms with Gasteiger partial charge >= 0.3 is 19.8 Å². The van der Waals surface area contributed by atoms with Crippen LogP contribution in [0, 0.1) is 0 Å². The molecule has 0 saturated carbocycles. The fourth-order valence-electron chi connectivity index (χ4n) is 10.0. The lowest BCUT2D eigenvalue weighted by Crippen LogP contribution is -2.37. The van der Waals surface area contributed by atoms with Crippen LogP contribution in [0.4, 0.5) is 0 Å². The molecule has 0 saturated heterocycles. The first-order valence-corrected chi connectivity index (χ1v) is 35.1. The molecule has 0 bridgehead atoms. The summed E-state index contributed by atoms with van der Waals surface area (Å²) >= 11 is 0. The highest BCUT2D eigenvalue weighted by atomic mass is 31.2. The minimum atomic E-state index is -4.38. The lowest BCUT2D eigenvalue weighted by molar-refractivity contribution is -0.870. The van der Waals surface area contributed by atoms with Crippen molar-refractivity contribution in [2.75, 3.05) is 47.5 Å². The zero-order valence-corrected chi connectivity index (χ0v) is 52.9. The van der Waals surface area contributed by atoms with E-state index in [2.05, 4.69) is 38.2 Å². The highest BCUT2D eigenvalue weighted by molar-refractivity contribution is 7.47.